The Morgan fingerprint density at radius 1 is 0.900 bits per heavy atom. The molecular formula is C17H24Cl2Si. The average Bonchev–Trinajstić information content (AvgIpc) is 2.46. The van der Waals surface area contributed by atoms with Gasteiger partial charge in [0.25, 0.3) is 0 Å². The largest absolute Gasteiger partial charge is 0.110 e. The second-order valence-corrected chi connectivity index (χ2v) is 10.7. The topological polar surface area (TPSA) is 0 Å². The molecule has 0 saturated carbocycles. The standard InChI is InChI=1S/C17H24Cl2Si/c18-17(19)20-10-9-16-14-7-3-1-5-12(14)11-13-6-2-4-8-15(13)16/h11,17H,1-10,20H2. The van der Waals surface area contributed by atoms with Gasteiger partial charge in [-0.3, -0.25) is 0 Å². The van der Waals surface area contributed by atoms with Gasteiger partial charge in [-0.1, -0.05) is 12.1 Å². The van der Waals surface area contributed by atoms with E-state index in [9.17, 15) is 0 Å². The Balaban J connectivity index is 1.91. The Kier molecular flexibility index (Phi) is 5.12. The summed E-state index contributed by atoms with van der Waals surface area (Å²) in [5.74, 6) is 0. The normalized spacial score (nSPS) is 18.6. The van der Waals surface area contributed by atoms with E-state index in [1.54, 1.807) is 27.8 Å². The zero-order chi connectivity index (χ0) is 13.9. The minimum atomic E-state index is -0.315. The van der Waals surface area contributed by atoms with E-state index < -0.39 is 0 Å². The molecule has 0 heterocycles. The molecule has 1 aromatic rings. The third kappa shape index (κ3) is 3.26. The van der Waals surface area contributed by atoms with Crippen molar-refractivity contribution in [3.05, 3.63) is 33.9 Å². The summed E-state index contributed by atoms with van der Waals surface area (Å²) in [7, 11) is -0.315. The summed E-state index contributed by atoms with van der Waals surface area (Å²) in [6.07, 6.45) is 12.0. The molecular weight excluding hydrogens is 303 g/mol. The minimum absolute atomic E-state index is 0.0645. The molecule has 0 spiro atoms. The monoisotopic (exact) mass is 326 g/mol. The van der Waals surface area contributed by atoms with Crippen molar-refractivity contribution in [3.8, 4) is 0 Å². The molecule has 0 amide bonds. The molecule has 1 aromatic carbocycles. The van der Waals surface area contributed by atoms with Crippen LogP contribution in [0.25, 0.3) is 0 Å². The highest BCUT2D eigenvalue weighted by Gasteiger charge is 2.21. The Morgan fingerprint density at radius 2 is 1.45 bits per heavy atom. The van der Waals surface area contributed by atoms with Crippen LogP contribution in [0.5, 0.6) is 0 Å². The quantitative estimate of drug-likeness (QED) is 0.570. The molecule has 20 heavy (non-hydrogen) atoms. The molecule has 0 nitrogen and oxygen atoms in total. The van der Waals surface area contributed by atoms with E-state index in [0.717, 1.165) is 0 Å². The molecule has 3 rings (SSSR count). The van der Waals surface area contributed by atoms with Gasteiger partial charge in [0.1, 0.15) is 0 Å². The summed E-state index contributed by atoms with van der Waals surface area (Å²) in [6.45, 7) is 0. The number of alkyl halides is 2. The fourth-order valence-electron chi connectivity index (χ4n) is 3.99. The summed E-state index contributed by atoms with van der Waals surface area (Å²) < 4.78 is -0.0645. The van der Waals surface area contributed by atoms with Crippen LogP contribution in [0.1, 0.15) is 53.5 Å². The van der Waals surface area contributed by atoms with Gasteiger partial charge in [-0.05, 0) is 85.6 Å². The molecule has 110 valence electrons. The summed E-state index contributed by atoms with van der Waals surface area (Å²) in [5.41, 5.74) is 8.49. The molecule has 0 atom stereocenters. The molecule has 3 heteroatoms. The third-order valence-corrected chi connectivity index (χ3v) is 7.45. The van der Waals surface area contributed by atoms with Crippen molar-refractivity contribution in [2.24, 2.45) is 0 Å². The van der Waals surface area contributed by atoms with E-state index in [1.807, 2.05) is 0 Å². The maximum atomic E-state index is 5.96. The van der Waals surface area contributed by atoms with Crippen LogP contribution in [0.3, 0.4) is 0 Å². The SMILES string of the molecule is ClC(Cl)[SiH2]CCc1c2c(cc3c1CCCC3)CCCC2. The van der Waals surface area contributed by atoms with Crippen LogP contribution in [-0.2, 0) is 32.1 Å². The van der Waals surface area contributed by atoms with Crippen LogP contribution < -0.4 is 0 Å². The van der Waals surface area contributed by atoms with Gasteiger partial charge >= 0.3 is 0 Å². The van der Waals surface area contributed by atoms with E-state index >= 15 is 0 Å². The molecule has 0 N–H and O–H groups in total. The van der Waals surface area contributed by atoms with Crippen molar-refractivity contribution < 1.29 is 0 Å². The zero-order valence-electron chi connectivity index (χ0n) is 12.2. The lowest BCUT2D eigenvalue weighted by molar-refractivity contribution is 0.647. The number of fused-ring (bicyclic) bond motifs is 2. The molecule has 2 aliphatic carbocycles. The molecule has 2 aliphatic rings. The highest BCUT2D eigenvalue weighted by atomic mass is 35.5. The van der Waals surface area contributed by atoms with Crippen molar-refractivity contribution in [2.75, 3.05) is 0 Å². The second-order valence-electron chi connectivity index (χ2n) is 6.33. The second kappa shape index (κ2) is 6.85. The van der Waals surface area contributed by atoms with Gasteiger partial charge in [0.2, 0.25) is 0 Å². The van der Waals surface area contributed by atoms with Crippen molar-refractivity contribution >= 4 is 32.7 Å². The van der Waals surface area contributed by atoms with Gasteiger partial charge in [0.05, 0.1) is 14.0 Å². The molecule has 0 bridgehead atoms. The first-order valence-corrected chi connectivity index (χ1v) is 10.9. The number of hydrogen-bond acceptors (Lipinski definition) is 0. The van der Waals surface area contributed by atoms with E-state index in [-0.39, 0.29) is 14.0 Å². The van der Waals surface area contributed by atoms with E-state index in [2.05, 4.69) is 6.07 Å². The Bertz CT molecular complexity index is 448. The van der Waals surface area contributed by atoms with Crippen molar-refractivity contribution in [1.82, 2.24) is 0 Å². The maximum absolute atomic E-state index is 5.96. The zero-order valence-corrected chi connectivity index (χ0v) is 15.1. The highest BCUT2D eigenvalue weighted by molar-refractivity contribution is 6.68. The van der Waals surface area contributed by atoms with Gasteiger partial charge in [0.15, 0.2) is 0 Å². The van der Waals surface area contributed by atoms with Crippen molar-refractivity contribution in [1.29, 1.82) is 0 Å². The summed E-state index contributed by atoms with van der Waals surface area (Å²) >= 11 is 11.9. The molecule has 0 unspecified atom stereocenters. The highest BCUT2D eigenvalue weighted by Crippen LogP contribution is 2.34. The summed E-state index contributed by atoms with van der Waals surface area (Å²) in [4.78, 5) is 0. The number of benzene rings is 1. The molecule has 0 aromatic heterocycles. The number of hydrogen-bond donors (Lipinski definition) is 0. The predicted molar refractivity (Wildman–Crippen MR) is 92.3 cm³/mol. The number of halogens is 2. The van der Waals surface area contributed by atoms with Crippen molar-refractivity contribution in [2.45, 2.75) is 68.3 Å². The summed E-state index contributed by atoms with van der Waals surface area (Å²) in [5, 5.41) is 0. The molecule has 0 saturated heterocycles. The lowest BCUT2D eigenvalue weighted by Crippen LogP contribution is -2.15. The third-order valence-electron chi connectivity index (χ3n) is 4.95. The summed E-state index contributed by atoms with van der Waals surface area (Å²) in [6, 6.07) is 3.82. The van der Waals surface area contributed by atoms with Crippen LogP contribution in [0, 0.1) is 0 Å². The van der Waals surface area contributed by atoms with Crippen LogP contribution in [0.15, 0.2) is 6.07 Å². The smallest absolute Gasteiger partial charge is 0.0908 e. The van der Waals surface area contributed by atoms with Gasteiger partial charge in [-0.25, -0.2) is 0 Å². The lowest BCUT2D eigenvalue weighted by Gasteiger charge is -2.27. The van der Waals surface area contributed by atoms with Gasteiger partial charge < -0.3 is 0 Å². The first kappa shape index (κ1) is 14.9. The van der Waals surface area contributed by atoms with E-state index in [4.69, 9.17) is 23.2 Å². The van der Waals surface area contributed by atoms with Crippen LogP contribution in [-0.4, -0.2) is 14.0 Å². The molecule has 0 radical (unpaired) electrons. The fourth-order valence-corrected chi connectivity index (χ4v) is 5.78. The first-order chi connectivity index (χ1) is 9.75. The maximum Gasteiger partial charge on any atom is 0.0908 e. The van der Waals surface area contributed by atoms with Crippen LogP contribution in [0.4, 0.5) is 0 Å². The van der Waals surface area contributed by atoms with E-state index in [0.29, 0.717) is 0 Å². The van der Waals surface area contributed by atoms with E-state index in [1.165, 1.54) is 63.8 Å². The molecule has 0 aliphatic heterocycles. The minimum Gasteiger partial charge on any atom is -0.110 e. The van der Waals surface area contributed by atoms with Gasteiger partial charge in [0, 0.05) is 0 Å². The lowest BCUT2D eigenvalue weighted by atomic mass is 9.78. The first-order valence-electron chi connectivity index (χ1n) is 8.19. The van der Waals surface area contributed by atoms with Crippen molar-refractivity contribution in [3.63, 3.8) is 0 Å². The van der Waals surface area contributed by atoms with Crippen LogP contribution in [0.2, 0.25) is 6.04 Å². The number of aryl methyl sites for hydroxylation is 2. The Labute approximate surface area is 135 Å². The predicted octanol–water partition coefficient (Wildman–Crippen LogP) is 4.34. The Hall–Kier alpha value is 0.0169. The number of rotatable bonds is 4. The Morgan fingerprint density at radius 3 is 2.00 bits per heavy atom. The fraction of sp³-hybridized carbons (Fsp3) is 0.647. The van der Waals surface area contributed by atoms with Crippen LogP contribution >= 0.6 is 23.2 Å². The molecule has 0 fully saturated rings. The van der Waals surface area contributed by atoms with Gasteiger partial charge in [-0.2, -0.15) is 0 Å². The van der Waals surface area contributed by atoms with Gasteiger partial charge in [-0.15, -0.1) is 23.2 Å². The average molecular weight is 327 g/mol.